The Morgan fingerprint density at radius 1 is 1.10 bits per heavy atom. The Labute approximate surface area is 125 Å². The van der Waals surface area contributed by atoms with Crippen molar-refractivity contribution < 1.29 is 9.53 Å². The van der Waals surface area contributed by atoms with Crippen molar-refractivity contribution in [1.29, 1.82) is 0 Å². The van der Waals surface area contributed by atoms with Gasteiger partial charge in [-0.25, -0.2) is 0 Å². The van der Waals surface area contributed by atoms with Crippen molar-refractivity contribution in [1.82, 2.24) is 5.32 Å². The number of hydrogen-bond acceptors (Lipinski definition) is 3. The summed E-state index contributed by atoms with van der Waals surface area (Å²) in [5, 5.41) is 6.05. The Kier molecular flexibility index (Phi) is 5.35. The standard InChI is InChI=1S/C17H20N2O2/c1-13(14-6-4-3-5-7-14)18-12-17(20)19-15-8-10-16(21-2)11-9-15/h3-11,13,18H,12H2,1-2H3,(H,19,20). The van der Waals surface area contributed by atoms with Gasteiger partial charge in [-0.1, -0.05) is 30.3 Å². The van der Waals surface area contributed by atoms with Crippen LogP contribution in [0.15, 0.2) is 54.6 Å². The second-order valence-corrected chi connectivity index (χ2v) is 4.79. The first-order valence-corrected chi connectivity index (χ1v) is 6.91. The molecule has 0 radical (unpaired) electrons. The summed E-state index contributed by atoms with van der Waals surface area (Å²) in [5.41, 5.74) is 1.92. The first-order valence-electron chi connectivity index (χ1n) is 6.91. The highest BCUT2D eigenvalue weighted by atomic mass is 16.5. The largest absolute Gasteiger partial charge is 0.497 e. The van der Waals surface area contributed by atoms with E-state index in [1.807, 2.05) is 61.5 Å². The van der Waals surface area contributed by atoms with Crippen LogP contribution in [0.4, 0.5) is 5.69 Å². The van der Waals surface area contributed by atoms with Crippen molar-refractivity contribution in [2.24, 2.45) is 0 Å². The molecule has 110 valence electrons. The van der Waals surface area contributed by atoms with Gasteiger partial charge in [0.15, 0.2) is 0 Å². The maximum atomic E-state index is 11.9. The zero-order chi connectivity index (χ0) is 15.1. The molecule has 2 aromatic rings. The van der Waals surface area contributed by atoms with E-state index in [9.17, 15) is 4.79 Å². The summed E-state index contributed by atoms with van der Waals surface area (Å²) in [5.74, 6) is 0.701. The molecule has 2 N–H and O–H groups in total. The van der Waals surface area contributed by atoms with Crippen LogP contribution >= 0.6 is 0 Å². The lowest BCUT2D eigenvalue weighted by atomic mass is 10.1. The lowest BCUT2D eigenvalue weighted by Crippen LogP contribution is -2.30. The Hall–Kier alpha value is -2.33. The molecular weight excluding hydrogens is 264 g/mol. The minimum Gasteiger partial charge on any atom is -0.497 e. The van der Waals surface area contributed by atoms with Crippen LogP contribution in [-0.4, -0.2) is 19.6 Å². The number of amides is 1. The first kappa shape index (κ1) is 15.1. The van der Waals surface area contributed by atoms with Crippen LogP contribution in [0.2, 0.25) is 0 Å². The Morgan fingerprint density at radius 3 is 2.38 bits per heavy atom. The number of ether oxygens (including phenoxy) is 1. The molecule has 1 atom stereocenters. The third kappa shape index (κ3) is 4.61. The SMILES string of the molecule is COc1ccc(NC(=O)CNC(C)c2ccccc2)cc1. The molecule has 4 nitrogen and oxygen atoms in total. The molecule has 0 saturated heterocycles. The van der Waals surface area contributed by atoms with Gasteiger partial charge in [0, 0.05) is 11.7 Å². The summed E-state index contributed by atoms with van der Waals surface area (Å²) >= 11 is 0. The van der Waals surface area contributed by atoms with Gasteiger partial charge in [-0.2, -0.15) is 0 Å². The fraction of sp³-hybridized carbons (Fsp3) is 0.235. The summed E-state index contributed by atoms with van der Waals surface area (Å²) in [6.45, 7) is 2.30. The smallest absolute Gasteiger partial charge is 0.238 e. The van der Waals surface area contributed by atoms with Crippen LogP contribution in [-0.2, 0) is 4.79 Å². The van der Waals surface area contributed by atoms with E-state index in [0.717, 1.165) is 17.0 Å². The lowest BCUT2D eigenvalue weighted by Gasteiger charge is -2.14. The topological polar surface area (TPSA) is 50.4 Å². The number of anilines is 1. The molecule has 0 spiro atoms. The molecule has 2 rings (SSSR count). The van der Waals surface area contributed by atoms with Crippen LogP contribution < -0.4 is 15.4 Å². The maximum absolute atomic E-state index is 11.9. The van der Waals surface area contributed by atoms with Crippen LogP contribution in [0.3, 0.4) is 0 Å². The molecule has 0 aliphatic rings. The fourth-order valence-electron chi connectivity index (χ4n) is 1.98. The van der Waals surface area contributed by atoms with Crippen LogP contribution in [0, 0.1) is 0 Å². The van der Waals surface area contributed by atoms with E-state index in [4.69, 9.17) is 4.74 Å². The molecule has 1 unspecified atom stereocenters. The summed E-state index contributed by atoms with van der Waals surface area (Å²) in [7, 11) is 1.61. The molecule has 0 aliphatic carbocycles. The van der Waals surface area contributed by atoms with Gasteiger partial charge < -0.3 is 15.4 Å². The van der Waals surface area contributed by atoms with Crippen LogP contribution in [0.5, 0.6) is 5.75 Å². The third-order valence-corrected chi connectivity index (χ3v) is 3.24. The summed E-state index contributed by atoms with van der Waals surface area (Å²) in [4.78, 5) is 11.9. The number of carbonyl (C=O) groups is 1. The van der Waals surface area contributed by atoms with Gasteiger partial charge in [0.2, 0.25) is 5.91 Å². The highest BCUT2D eigenvalue weighted by molar-refractivity contribution is 5.92. The number of benzene rings is 2. The number of carbonyl (C=O) groups excluding carboxylic acids is 1. The minimum absolute atomic E-state index is 0.0667. The van der Waals surface area contributed by atoms with Gasteiger partial charge in [-0.3, -0.25) is 4.79 Å². The molecule has 4 heteroatoms. The van der Waals surface area contributed by atoms with Crippen molar-refractivity contribution >= 4 is 11.6 Å². The molecule has 0 aliphatic heterocycles. The molecule has 0 saturated carbocycles. The van der Waals surface area contributed by atoms with Gasteiger partial charge in [0.05, 0.1) is 13.7 Å². The highest BCUT2D eigenvalue weighted by Gasteiger charge is 2.07. The fourth-order valence-corrected chi connectivity index (χ4v) is 1.98. The average molecular weight is 284 g/mol. The average Bonchev–Trinajstić information content (AvgIpc) is 2.54. The van der Waals surface area contributed by atoms with Gasteiger partial charge >= 0.3 is 0 Å². The van der Waals surface area contributed by atoms with E-state index in [1.165, 1.54) is 0 Å². The Bertz CT molecular complexity index is 567. The summed E-state index contributed by atoms with van der Waals surface area (Å²) in [6.07, 6.45) is 0. The van der Waals surface area contributed by atoms with Crippen molar-refractivity contribution in [3.63, 3.8) is 0 Å². The lowest BCUT2D eigenvalue weighted by molar-refractivity contribution is -0.115. The Morgan fingerprint density at radius 2 is 1.76 bits per heavy atom. The molecule has 0 bridgehead atoms. The van der Waals surface area contributed by atoms with E-state index in [2.05, 4.69) is 10.6 Å². The minimum atomic E-state index is -0.0667. The van der Waals surface area contributed by atoms with Crippen molar-refractivity contribution in [2.45, 2.75) is 13.0 Å². The summed E-state index contributed by atoms with van der Waals surface area (Å²) < 4.78 is 5.08. The quantitative estimate of drug-likeness (QED) is 0.857. The normalized spacial score (nSPS) is 11.7. The van der Waals surface area contributed by atoms with E-state index in [-0.39, 0.29) is 18.5 Å². The molecule has 0 fully saturated rings. The van der Waals surface area contributed by atoms with Crippen molar-refractivity contribution in [3.05, 3.63) is 60.2 Å². The monoisotopic (exact) mass is 284 g/mol. The van der Waals surface area contributed by atoms with Crippen molar-refractivity contribution in [3.8, 4) is 5.75 Å². The van der Waals surface area contributed by atoms with Gasteiger partial charge in [-0.05, 0) is 36.8 Å². The number of rotatable bonds is 6. The predicted molar refractivity (Wildman–Crippen MR) is 84.5 cm³/mol. The van der Waals surface area contributed by atoms with E-state index < -0.39 is 0 Å². The van der Waals surface area contributed by atoms with E-state index >= 15 is 0 Å². The number of hydrogen-bond donors (Lipinski definition) is 2. The van der Waals surface area contributed by atoms with E-state index in [1.54, 1.807) is 7.11 Å². The van der Waals surface area contributed by atoms with Crippen LogP contribution in [0.25, 0.3) is 0 Å². The van der Waals surface area contributed by atoms with Gasteiger partial charge in [0.25, 0.3) is 0 Å². The third-order valence-electron chi connectivity index (χ3n) is 3.24. The predicted octanol–water partition coefficient (Wildman–Crippen LogP) is 2.98. The van der Waals surface area contributed by atoms with E-state index in [0.29, 0.717) is 0 Å². The molecule has 0 heterocycles. The van der Waals surface area contributed by atoms with Crippen molar-refractivity contribution in [2.75, 3.05) is 19.0 Å². The second kappa shape index (κ2) is 7.45. The number of methoxy groups -OCH3 is 1. The summed E-state index contributed by atoms with van der Waals surface area (Å²) in [6, 6.07) is 17.4. The molecule has 0 aromatic heterocycles. The molecule has 2 aromatic carbocycles. The Balaban J connectivity index is 1.81. The van der Waals surface area contributed by atoms with Gasteiger partial charge in [-0.15, -0.1) is 0 Å². The van der Waals surface area contributed by atoms with Gasteiger partial charge in [0.1, 0.15) is 5.75 Å². The first-order chi connectivity index (χ1) is 10.2. The molecule has 1 amide bonds. The molecule has 21 heavy (non-hydrogen) atoms. The second-order valence-electron chi connectivity index (χ2n) is 4.79. The zero-order valence-electron chi connectivity index (χ0n) is 12.3. The maximum Gasteiger partial charge on any atom is 0.238 e. The molecular formula is C17H20N2O2. The zero-order valence-corrected chi connectivity index (χ0v) is 12.3. The number of nitrogens with one attached hydrogen (secondary N) is 2. The van der Waals surface area contributed by atoms with Crippen LogP contribution in [0.1, 0.15) is 18.5 Å². The highest BCUT2D eigenvalue weighted by Crippen LogP contribution is 2.15.